The molecular formula is C25H22ClN3O5. The number of hydrogen-bond donors (Lipinski definition) is 1. The van der Waals surface area contributed by atoms with E-state index in [-0.39, 0.29) is 0 Å². The molecule has 1 saturated heterocycles. The van der Waals surface area contributed by atoms with Gasteiger partial charge in [-0.2, -0.15) is 0 Å². The first-order valence-corrected chi connectivity index (χ1v) is 11.0. The van der Waals surface area contributed by atoms with Crippen molar-refractivity contribution in [1.82, 2.24) is 4.90 Å². The quantitative estimate of drug-likeness (QED) is 0.318. The molecule has 3 aromatic rings. The van der Waals surface area contributed by atoms with E-state index >= 15 is 0 Å². The second-order valence-corrected chi connectivity index (χ2v) is 8.32. The molecule has 0 aromatic heterocycles. The maximum atomic E-state index is 13.6. The van der Waals surface area contributed by atoms with Gasteiger partial charge in [-0.15, -0.1) is 0 Å². The average Bonchev–Trinajstić information content (AvgIpc) is 3.23. The van der Waals surface area contributed by atoms with Crippen LogP contribution in [0.4, 0.5) is 10.5 Å². The highest BCUT2D eigenvalue weighted by molar-refractivity contribution is 6.30. The number of carbonyl (C=O) groups excluding carboxylic acids is 2. The van der Waals surface area contributed by atoms with Crippen molar-refractivity contribution in [3.63, 3.8) is 0 Å². The predicted molar refractivity (Wildman–Crippen MR) is 127 cm³/mol. The maximum Gasteiger partial charge on any atom is 0.329 e. The Labute approximate surface area is 201 Å². The van der Waals surface area contributed by atoms with E-state index in [1.807, 2.05) is 0 Å². The minimum absolute atomic E-state index is 0.416. The predicted octanol–water partition coefficient (Wildman–Crippen LogP) is 4.90. The molecule has 1 N–H and O–H groups in total. The zero-order valence-corrected chi connectivity index (χ0v) is 19.0. The van der Waals surface area contributed by atoms with E-state index in [0.29, 0.717) is 21.8 Å². The number of nitro groups is 1. The molecule has 34 heavy (non-hydrogen) atoms. The molecule has 1 heterocycles. The maximum absolute atomic E-state index is 13.6. The van der Waals surface area contributed by atoms with Gasteiger partial charge in [0.1, 0.15) is 12.1 Å². The van der Waals surface area contributed by atoms with Crippen LogP contribution in [0, 0.1) is 10.1 Å². The minimum atomic E-state index is -1.29. The second kappa shape index (κ2) is 9.93. The topological polar surface area (TPSA) is 102 Å². The van der Waals surface area contributed by atoms with Crippen LogP contribution >= 0.6 is 11.6 Å². The molecule has 4 rings (SSSR count). The van der Waals surface area contributed by atoms with E-state index < -0.39 is 41.0 Å². The Hall–Kier alpha value is -3.91. The zero-order valence-electron chi connectivity index (χ0n) is 18.2. The summed E-state index contributed by atoms with van der Waals surface area (Å²) in [6.07, 6.45) is 0. The minimum Gasteiger partial charge on any atom is -0.467 e. The Kier molecular flexibility index (Phi) is 6.79. The van der Waals surface area contributed by atoms with Gasteiger partial charge in [-0.1, -0.05) is 72.3 Å². The van der Waals surface area contributed by atoms with Gasteiger partial charge in [0.2, 0.25) is 6.04 Å². The first-order chi connectivity index (χ1) is 16.4. The molecule has 1 aliphatic heterocycles. The van der Waals surface area contributed by atoms with Crippen molar-refractivity contribution in [1.29, 1.82) is 0 Å². The van der Waals surface area contributed by atoms with Gasteiger partial charge in [-0.05, 0) is 35.4 Å². The Balaban J connectivity index is 1.87. The molecule has 1 aliphatic rings. The molecular weight excluding hydrogens is 458 g/mol. The lowest BCUT2D eigenvalue weighted by molar-refractivity contribution is -0.528. The summed E-state index contributed by atoms with van der Waals surface area (Å²) in [6.45, 7) is 0. The van der Waals surface area contributed by atoms with Crippen LogP contribution in [0.2, 0.25) is 5.02 Å². The van der Waals surface area contributed by atoms with Crippen LogP contribution in [0.1, 0.15) is 23.1 Å². The Morgan fingerprint density at radius 2 is 1.50 bits per heavy atom. The van der Waals surface area contributed by atoms with Crippen molar-refractivity contribution in [2.75, 3.05) is 12.4 Å². The molecule has 0 radical (unpaired) electrons. The molecule has 0 spiro atoms. The molecule has 8 nitrogen and oxygen atoms in total. The van der Waals surface area contributed by atoms with Crippen molar-refractivity contribution >= 4 is 29.3 Å². The molecule has 2 amide bonds. The van der Waals surface area contributed by atoms with E-state index in [4.69, 9.17) is 16.3 Å². The summed E-state index contributed by atoms with van der Waals surface area (Å²) in [5.41, 5.74) is 1.55. The summed E-state index contributed by atoms with van der Waals surface area (Å²) < 4.78 is 5.04. The van der Waals surface area contributed by atoms with Crippen LogP contribution in [-0.4, -0.2) is 41.0 Å². The second-order valence-electron chi connectivity index (χ2n) is 7.88. The van der Waals surface area contributed by atoms with Crippen LogP contribution < -0.4 is 5.32 Å². The van der Waals surface area contributed by atoms with E-state index in [0.717, 1.165) is 0 Å². The van der Waals surface area contributed by atoms with Crippen LogP contribution in [0.15, 0.2) is 84.9 Å². The van der Waals surface area contributed by atoms with Gasteiger partial charge in [0.05, 0.1) is 13.0 Å². The molecule has 9 heteroatoms. The van der Waals surface area contributed by atoms with Crippen molar-refractivity contribution in [3.8, 4) is 0 Å². The third-order valence-electron chi connectivity index (χ3n) is 5.97. The third kappa shape index (κ3) is 4.45. The van der Waals surface area contributed by atoms with E-state index in [2.05, 4.69) is 5.32 Å². The average molecular weight is 480 g/mol. The first-order valence-electron chi connectivity index (χ1n) is 10.6. The number of likely N-dealkylation sites (tertiary alicyclic amines) is 1. The standard InChI is InChI=1S/C25H22ClN3O5/c1-34-24(30)23-20(16-8-4-2-5-9-16)22(29(32)33)21(17-10-6-3-7-11-17)28(23)25(31)27-19-14-12-18(26)13-15-19/h2-15,20-23H,1H3,(H,27,31)/t20-,21-,22-,23+/m0/s1. The summed E-state index contributed by atoms with van der Waals surface area (Å²) in [5, 5.41) is 15.7. The number of nitrogens with zero attached hydrogens (tertiary/aromatic N) is 2. The SMILES string of the molecule is COC(=O)[C@H]1[C@@H](c2ccccc2)[C@H]([N+](=O)[O-])[C@H](c2ccccc2)N1C(=O)Nc1ccc(Cl)cc1. The molecule has 0 saturated carbocycles. The van der Waals surface area contributed by atoms with Gasteiger partial charge >= 0.3 is 12.0 Å². The highest BCUT2D eigenvalue weighted by atomic mass is 35.5. The van der Waals surface area contributed by atoms with E-state index in [1.165, 1.54) is 12.0 Å². The van der Waals surface area contributed by atoms with Crippen LogP contribution in [0.5, 0.6) is 0 Å². The van der Waals surface area contributed by atoms with Gasteiger partial charge in [0, 0.05) is 15.6 Å². The monoisotopic (exact) mass is 479 g/mol. The summed E-state index contributed by atoms with van der Waals surface area (Å²) in [4.78, 5) is 40.0. The van der Waals surface area contributed by atoms with Gasteiger partial charge in [-0.3, -0.25) is 15.0 Å². The first kappa shape index (κ1) is 23.3. The molecule has 0 bridgehead atoms. The van der Waals surface area contributed by atoms with E-state index in [9.17, 15) is 19.7 Å². The van der Waals surface area contributed by atoms with Gasteiger partial charge in [0.15, 0.2) is 0 Å². The van der Waals surface area contributed by atoms with Gasteiger partial charge < -0.3 is 10.1 Å². The lowest BCUT2D eigenvalue weighted by Gasteiger charge is -2.29. The summed E-state index contributed by atoms with van der Waals surface area (Å²) in [5.74, 6) is -1.66. The van der Waals surface area contributed by atoms with Crippen molar-refractivity contribution < 1.29 is 19.2 Å². The Morgan fingerprint density at radius 3 is 2.03 bits per heavy atom. The van der Waals surface area contributed by atoms with Crippen molar-refractivity contribution in [2.24, 2.45) is 0 Å². The largest absolute Gasteiger partial charge is 0.467 e. The number of methoxy groups -OCH3 is 1. The smallest absolute Gasteiger partial charge is 0.329 e. The number of esters is 1. The lowest BCUT2D eigenvalue weighted by Crippen LogP contribution is -2.46. The van der Waals surface area contributed by atoms with Crippen LogP contribution in [0.3, 0.4) is 0 Å². The summed E-state index contributed by atoms with van der Waals surface area (Å²) >= 11 is 5.94. The van der Waals surface area contributed by atoms with Crippen molar-refractivity contribution in [2.45, 2.75) is 24.0 Å². The molecule has 174 valence electrons. The molecule has 0 aliphatic carbocycles. The van der Waals surface area contributed by atoms with Crippen molar-refractivity contribution in [3.05, 3.63) is 111 Å². The molecule has 3 aromatic carbocycles. The number of urea groups is 1. The zero-order chi connectivity index (χ0) is 24.2. The number of anilines is 1. The Bertz CT molecular complexity index is 1170. The highest BCUT2D eigenvalue weighted by Crippen LogP contribution is 2.47. The van der Waals surface area contributed by atoms with Gasteiger partial charge in [0.25, 0.3) is 0 Å². The fourth-order valence-electron chi connectivity index (χ4n) is 4.56. The number of amides is 2. The number of halogens is 1. The van der Waals surface area contributed by atoms with E-state index in [1.54, 1.807) is 84.9 Å². The fourth-order valence-corrected chi connectivity index (χ4v) is 4.68. The number of benzene rings is 3. The normalized spacial score (nSPS) is 21.6. The number of rotatable bonds is 5. The molecule has 1 fully saturated rings. The van der Waals surface area contributed by atoms with Gasteiger partial charge in [-0.25, -0.2) is 9.59 Å². The summed E-state index contributed by atoms with van der Waals surface area (Å²) in [7, 11) is 1.21. The molecule has 4 atom stereocenters. The van der Waals surface area contributed by atoms with Crippen LogP contribution in [-0.2, 0) is 9.53 Å². The van der Waals surface area contributed by atoms with Crippen LogP contribution in [0.25, 0.3) is 0 Å². The fraction of sp³-hybridized carbons (Fsp3) is 0.200. The number of ether oxygens (including phenoxy) is 1. The third-order valence-corrected chi connectivity index (χ3v) is 6.22. The lowest BCUT2D eigenvalue weighted by atomic mass is 9.85. The molecule has 0 unspecified atom stereocenters. The Morgan fingerprint density at radius 1 is 0.941 bits per heavy atom. The highest BCUT2D eigenvalue weighted by Gasteiger charge is 2.61. The number of carbonyl (C=O) groups is 2. The summed E-state index contributed by atoms with van der Waals surface area (Å²) in [6, 6.07) is 19.7. The number of hydrogen-bond acceptors (Lipinski definition) is 5. The number of nitrogens with one attached hydrogen (secondary N) is 1.